The van der Waals surface area contributed by atoms with Crippen molar-refractivity contribution in [2.24, 2.45) is 4.40 Å². The first-order valence-electron chi connectivity index (χ1n) is 3.85. The Labute approximate surface area is 93.7 Å². The molecule has 2 nitrogen and oxygen atoms in total. The number of nitrogens with zero attached hydrogens (tertiary/aromatic N) is 1. The third kappa shape index (κ3) is 3.08. The fourth-order valence-electron chi connectivity index (χ4n) is 1.02. The van der Waals surface area contributed by atoms with Crippen molar-refractivity contribution in [2.75, 3.05) is 6.26 Å². The van der Waals surface area contributed by atoms with E-state index < -0.39 is 11.4 Å². The van der Waals surface area contributed by atoms with Crippen LogP contribution in [0.15, 0.2) is 27.1 Å². The first-order chi connectivity index (χ1) is 6.50. The number of halogens is 2. The minimum Gasteiger partial charge on any atom is -0.592 e. The van der Waals surface area contributed by atoms with E-state index in [1.54, 1.807) is 19.1 Å². The number of hydrogen-bond donors (Lipinski definition) is 0. The summed E-state index contributed by atoms with van der Waals surface area (Å²) >= 11 is 1.93. The fraction of sp³-hybridized carbons (Fsp3) is 0.222. The molecule has 0 fully saturated rings. The second-order valence-electron chi connectivity index (χ2n) is 2.72. The molecule has 0 heterocycles. The summed E-state index contributed by atoms with van der Waals surface area (Å²) in [5.41, 5.74) is 0.805. The van der Waals surface area contributed by atoms with Crippen LogP contribution >= 0.6 is 15.9 Å². The summed E-state index contributed by atoms with van der Waals surface area (Å²) in [5, 5.41) is 0. The summed E-state index contributed by atoms with van der Waals surface area (Å²) in [6.45, 7) is 1.63. The third-order valence-electron chi connectivity index (χ3n) is 1.58. The predicted octanol–water partition coefficient (Wildman–Crippen LogP) is 2.69. The van der Waals surface area contributed by atoms with E-state index in [4.69, 9.17) is 0 Å². The molecule has 1 aromatic rings. The van der Waals surface area contributed by atoms with Crippen LogP contribution in [0.1, 0.15) is 12.5 Å². The van der Waals surface area contributed by atoms with Crippen LogP contribution in [-0.2, 0) is 11.4 Å². The molecule has 0 aromatic heterocycles. The lowest BCUT2D eigenvalue weighted by atomic mass is 10.1. The van der Waals surface area contributed by atoms with Crippen molar-refractivity contribution >= 4 is 33.0 Å². The van der Waals surface area contributed by atoms with E-state index in [2.05, 4.69) is 20.3 Å². The van der Waals surface area contributed by atoms with E-state index in [-0.39, 0.29) is 5.82 Å². The predicted molar refractivity (Wildman–Crippen MR) is 60.4 cm³/mol. The molecule has 76 valence electrons. The molecule has 1 aromatic carbocycles. The van der Waals surface area contributed by atoms with Crippen LogP contribution in [0.3, 0.4) is 0 Å². The van der Waals surface area contributed by atoms with Gasteiger partial charge in [0.2, 0.25) is 0 Å². The van der Waals surface area contributed by atoms with Gasteiger partial charge < -0.3 is 4.55 Å². The van der Waals surface area contributed by atoms with Crippen LogP contribution in [0.2, 0.25) is 0 Å². The van der Waals surface area contributed by atoms with E-state index in [1.165, 1.54) is 12.3 Å². The second kappa shape index (κ2) is 4.91. The smallest absolute Gasteiger partial charge is 0.132 e. The minimum absolute atomic E-state index is 0.361. The number of benzene rings is 1. The zero-order chi connectivity index (χ0) is 10.7. The summed E-state index contributed by atoms with van der Waals surface area (Å²) in [7, 11) is 0. The van der Waals surface area contributed by atoms with Crippen LogP contribution < -0.4 is 0 Å². The zero-order valence-electron chi connectivity index (χ0n) is 7.75. The quantitative estimate of drug-likeness (QED) is 0.605. The van der Waals surface area contributed by atoms with Crippen LogP contribution in [0.4, 0.5) is 4.39 Å². The van der Waals surface area contributed by atoms with Crippen LogP contribution in [-0.4, -0.2) is 16.5 Å². The monoisotopic (exact) mass is 277 g/mol. The van der Waals surface area contributed by atoms with Crippen molar-refractivity contribution in [2.45, 2.75) is 6.92 Å². The van der Waals surface area contributed by atoms with Crippen molar-refractivity contribution in [3.8, 4) is 0 Å². The Kier molecular flexibility index (Phi) is 4.10. The fourth-order valence-corrected chi connectivity index (χ4v) is 1.86. The summed E-state index contributed by atoms with van der Waals surface area (Å²) in [4.78, 5) is 0. The lowest BCUT2D eigenvalue weighted by Crippen LogP contribution is -2.03. The molecule has 5 heteroatoms. The Morgan fingerprint density at radius 1 is 1.57 bits per heavy atom. The molecule has 0 saturated heterocycles. The molecule has 1 unspecified atom stereocenters. The van der Waals surface area contributed by atoms with Crippen molar-refractivity contribution in [1.82, 2.24) is 0 Å². The van der Waals surface area contributed by atoms with E-state index in [9.17, 15) is 8.94 Å². The Balaban J connectivity index is 3.12. The zero-order valence-corrected chi connectivity index (χ0v) is 10.2. The second-order valence-corrected chi connectivity index (χ2v) is 4.67. The van der Waals surface area contributed by atoms with Gasteiger partial charge in [0.25, 0.3) is 0 Å². The Hall–Kier alpha value is -0.390. The van der Waals surface area contributed by atoms with Gasteiger partial charge >= 0.3 is 0 Å². The molecular formula is C9H9BrFNOS. The van der Waals surface area contributed by atoms with Crippen LogP contribution in [0.25, 0.3) is 0 Å². The van der Waals surface area contributed by atoms with Gasteiger partial charge in [-0.2, -0.15) is 0 Å². The molecule has 0 N–H and O–H groups in total. The maximum absolute atomic E-state index is 13.3. The van der Waals surface area contributed by atoms with E-state index >= 15 is 0 Å². The minimum atomic E-state index is -1.31. The number of rotatable bonds is 2. The lowest BCUT2D eigenvalue weighted by molar-refractivity contribution is 0.602. The van der Waals surface area contributed by atoms with E-state index in [0.717, 1.165) is 4.47 Å². The highest BCUT2D eigenvalue weighted by Gasteiger charge is 2.08. The molecule has 1 atom stereocenters. The van der Waals surface area contributed by atoms with Crippen molar-refractivity contribution in [1.29, 1.82) is 0 Å². The SMILES string of the molecule is CC(=N[S+](C)[O-])c1cc(Br)ccc1F. The van der Waals surface area contributed by atoms with Gasteiger partial charge in [0, 0.05) is 10.0 Å². The highest BCUT2D eigenvalue weighted by atomic mass is 79.9. The summed E-state index contributed by atoms with van der Waals surface area (Å²) in [6.07, 6.45) is 1.44. The molecule has 1 rings (SSSR count). The van der Waals surface area contributed by atoms with Crippen molar-refractivity contribution < 1.29 is 8.94 Å². The molecule has 0 saturated carbocycles. The molecular weight excluding hydrogens is 269 g/mol. The van der Waals surface area contributed by atoms with Gasteiger partial charge in [-0.3, -0.25) is 0 Å². The van der Waals surface area contributed by atoms with Gasteiger partial charge in [0.1, 0.15) is 12.1 Å². The lowest BCUT2D eigenvalue weighted by Gasteiger charge is -2.03. The molecule has 0 radical (unpaired) electrons. The van der Waals surface area contributed by atoms with Gasteiger partial charge in [-0.1, -0.05) is 20.3 Å². The first-order valence-corrected chi connectivity index (χ1v) is 6.16. The summed E-state index contributed by atoms with van der Waals surface area (Å²) in [5.74, 6) is -0.361. The largest absolute Gasteiger partial charge is 0.592 e. The van der Waals surface area contributed by atoms with E-state index in [0.29, 0.717) is 11.3 Å². The highest BCUT2D eigenvalue weighted by molar-refractivity contribution is 9.10. The molecule has 0 bridgehead atoms. The Morgan fingerprint density at radius 3 is 2.79 bits per heavy atom. The van der Waals surface area contributed by atoms with Crippen molar-refractivity contribution in [3.63, 3.8) is 0 Å². The molecule has 0 aliphatic heterocycles. The van der Waals surface area contributed by atoms with Crippen LogP contribution in [0, 0.1) is 5.82 Å². The molecule has 0 spiro atoms. The van der Waals surface area contributed by atoms with Gasteiger partial charge in [-0.05, 0) is 25.1 Å². The van der Waals surface area contributed by atoms with Crippen molar-refractivity contribution in [3.05, 3.63) is 34.1 Å². The highest BCUT2D eigenvalue weighted by Crippen LogP contribution is 2.16. The average Bonchev–Trinajstić information content (AvgIpc) is 2.08. The Bertz CT molecular complexity index is 368. The molecule has 14 heavy (non-hydrogen) atoms. The summed E-state index contributed by atoms with van der Waals surface area (Å²) in [6, 6.07) is 4.56. The normalized spacial score (nSPS) is 14.2. The summed E-state index contributed by atoms with van der Waals surface area (Å²) < 4.78 is 28.6. The topological polar surface area (TPSA) is 35.4 Å². The molecule has 0 aliphatic carbocycles. The van der Waals surface area contributed by atoms with Gasteiger partial charge in [-0.15, -0.1) is 0 Å². The third-order valence-corrected chi connectivity index (χ3v) is 2.61. The maximum Gasteiger partial charge on any atom is 0.132 e. The standard InChI is InChI=1S/C9H9BrFNOS/c1-6(12-14(2)13)8-5-7(10)3-4-9(8)11/h3-5H,1-2H3. The van der Waals surface area contributed by atoms with Crippen LogP contribution in [0.5, 0.6) is 0 Å². The maximum atomic E-state index is 13.3. The van der Waals surface area contributed by atoms with Gasteiger partial charge in [0.15, 0.2) is 0 Å². The average molecular weight is 278 g/mol. The molecule has 0 aliphatic rings. The molecule has 0 amide bonds. The Morgan fingerprint density at radius 2 is 2.21 bits per heavy atom. The van der Waals surface area contributed by atoms with E-state index in [1.807, 2.05) is 0 Å². The van der Waals surface area contributed by atoms with Gasteiger partial charge in [0.05, 0.1) is 17.1 Å². The first kappa shape index (κ1) is 11.7. The van der Waals surface area contributed by atoms with Gasteiger partial charge in [-0.25, -0.2) is 4.39 Å². The number of hydrogen-bond acceptors (Lipinski definition) is 2.